The molecule has 0 aromatic rings. The average molecular weight is 321 g/mol. The first-order valence-corrected chi connectivity index (χ1v) is 8.52. The quantitative estimate of drug-likeness (QED) is 0.798. The Morgan fingerprint density at radius 2 is 2.10 bits per heavy atom. The van der Waals surface area contributed by atoms with Crippen LogP contribution in [0.1, 0.15) is 32.1 Å². The Morgan fingerprint density at radius 1 is 1.30 bits per heavy atom. The van der Waals surface area contributed by atoms with E-state index in [0.29, 0.717) is 11.4 Å². The van der Waals surface area contributed by atoms with E-state index in [1.54, 1.807) is 0 Å². The summed E-state index contributed by atoms with van der Waals surface area (Å²) in [6.07, 6.45) is 6.61. The second-order valence-corrected chi connectivity index (χ2v) is 7.50. The minimum Gasteiger partial charge on any atom is -0.378 e. The van der Waals surface area contributed by atoms with Crippen molar-refractivity contribution in [2.24, 2.45) is 0 Å². The number of rotatable bonds is 1. The molecule has 2 heterocycles. The van der Waals surface area contributed by atoms with Crippen molar-refractivity contribution in [3.63, 3.8) is 0 Å². The number of amides is 1. The number of hydrogen-bond donors (Lipinski definition) is 1. The molecule has 1 unspecified atom stereocenters. The lowest BCUT2D eigenvalue weighted by molar-refractivity contribution is -0.136. The maximum atomic E-state index is 12.6. The second kappa shape index (κ2) is 7.34. The number of morpholine rings is 1. The Morgan fingerprint density at radius 3 is 2.80 bits per heavy atom. The highest BCUT2D eigenvalue weighted by atomic mass is 35.5. The van der Waals surface area contributed by atoms with Crippen molar-refractivity contribution in [3.8, 4) is 0 Å². The van der Waals surface area contributed by atoms with Crippen LogP contribution in [0.2, 0.25) is 0 Å². The minimum atomic E-state index is -0.113. The monoisotopic (exact) mass is 320 g/mol. The average Bonchev–Trinajstić information content (AvgIpc) is 2.48. The molecule has 2 saturated heterocycles. The number of nitrogens with zero attached hydrogens (tertiary/aromatic N) is 1. The molecule has 3 rings (SSSR count). The van der Waals surface area contributed by atoms with Crippen LogP contribution in [0, 0.1) is 0 Å². The molecule has 1 atom stereocenters. The van der Waals surface area contributed by atoms with E-state index < -0.39 is 0 Å². The van der Waals surface area contributed by atoms with Crippen molar-refractivity contribution in [3.05, 3.63) is 0 Å². The second-order valence-electron chi connectivity index (χ2n) is 5.93. The Labute approximate surface area is 131 Å². The third-order valence-electron chi connectivity index (χ3n) is 4.54. The third kappa shape index (κ3) is 3.62. The molecular weight excluding hydrogens is 296 g/mol. The highest BCUT2D eigenvalue weighted by Gasteiger charge is 2.40. The number of nitrogens with one attached hydrogen (secondary N) is 1. The highest BCUT2D eigenvalue weighted by Crippen LogP contribution is 2.42. The summed E-state index contributed by atoms with van der Waals surface area (Å²) in [5.74, 6) is 1.35. The Balaban J connectivity index is 0.00000147. The molecule has 3 aliphatic rings. The van der Waals surface area contributed by atoms with Crippen molar-refractivity contribution in [2.45, 2.75) is 42.9 Å². The van der Waals surface area contributed by atoms with Crippen LogP contribution in [-0.2, 0) is 9.53 Å². The topological polar surface area (TPSA) is 41.6 Å². The molecule has 0 radical (unpaired) electrons. The van der Waals surface area contributed by atoms with Crippen molar-refractivity contribution in [2.75, 3.05) is 38.6 Å². The van der Waals surface area contributed by atoms with Crippen molar-refractivity contribution in [1.29, 1.82) is 0 Å². The Hall–Kier alpha value is 0.0300. The lowest BCUT2D eigenvalue weighted by Crippen LogP contribution is -2.57. The standard InChI is InChI=1S/C14H24N2O2S.ClH/c17-13(12-10-18-8-6-15-12)16-7-9-19-14(11-16)4-2-1-3-5-14;/h12,15H,1-11H2;1H. The van der Waals surface area contributed by atoms with E-state index in [9.17, 15) is 4.79 Å². The molecule has 6 heteroatoms. The minimum absolute atomic E-state index is 0. The number of thioether (sulfide) groups is 1. The number of carbonyl (C=O) groups excluding carboxylic acids is 1. The van der Waals surface area contributed by atoms with E-state index >= 15 is 0 Å². The molecule has 20 heavy (non-hydrogen) atoms. The number of hydrogen-bond acceptors (Lipinski definition) is 4. The van der Waals surface area contributed by atoms with Crippen LogP contribution in [0.25, 0.3) is 0 Å². The summed E-state index contributed by atoms with van der Waals surface area (Å²) < 4.78 is 5.78. The van der Waals surface area contributed by atoms with Gasteiger partial charge in [-0.2, -0.15) is 11.8 Å². The normalized spacial score (nSPS) is 29.8. The molecule has 0 aromatic heterocycles. The summed E-state index contributed by atoms with van der Waals surface area (Å²) in [7, 11) is 0. The van der Waals surface area contributed by atoms with Crippen molar-refractivity contribution < 1.29 is 9.53 Å². The first kappa shape index (κ1) is 16.4. The zero-order valence-electron chi connectivity index (χ0n) is 11.9. The van der Waals surface area contributed by atoms with Gasteiger partial charge in [0, 0.05) is 30.1 Å². The van der Waals surface area contributed by atoms with Gasteiger partial charge in [-0.05, 0) is 12.8 Å². The molecule has 116 valence electrons. The number of ether oxygens (including phenoxy) is 1. The maximum absolute atomic E-state index is 12.6. The molecule has 1 spiro atoms. The summed E-state index contributed by atoms with van der Waals surface area (Å²) >= 11 is 2.11. The van der Waals surface area contributed by atoms with Gasteiger partial charge in [-0.15, -0.1) is 12.4 Å². The van der Waals surface area contributed by atoms with Gasteiger partial charge < -0.3 is 15.0 Å². The summed E-state index contributed by atoms with van der Waals surface area (Å²) in [4.78, 5) is 14.6. The molecule has 3 fully saturated rings. The molecule has 1 saturated carbocycles. The van der Waals surface area contributed by atoms with E-state index in [2.05, 4.69) is 22.0 Å². The molecule has 1 amide bonds. The van der Waals surface area contributed by atoms with E-state index in [1.165, 1.54) is 32.1 Å². The summed E-state index contributed by atoms with van der Waals surface area (Å²) in [6.45, 7) is 3.92. The van der Waals surface area contributed by atoms with E-state index in [0.717, 1.165) is 32.0 Å². The Kier molecular flexibility index (Phi) is 6.02. The largest absolute Gasteiger partial charge is 0.378 e. The van der Waals surface area contributed by atoms with Gasteiger partial charge >= 0.3 is 0 Å². The first-order valence-electron chi connectivity index (χ1n) is 7.53. The molecule has 2 aliphatic heterocycles. The van der Waals surface area contributed by atoms with Gasteiger partial charge in [0.05, 0.1) is 13.2 Å². The van der Waals surface area contributed by atoms with Gasteiger partial charge in [0.25, 0.3) is 0 Å². The molecule has 1 aliphatic carbocycles. The summed E-state index contributed by atoms with van der Waals surface area (Å²) in [5.41, 5.74) is 0. The number of halogens is 1. The zero-order chi connectivity index (χ0) is 13.1. The van der Waals surface area contributed by atoms with Crippen LogP contribution in [0.5, 0.6) is 0 Å². The van der Waals surface area contributed by atoms with Gasteiger partial charge in [0.2, 0.25) is 5.91 Å². The lowest BCUT2D eigenvalue weighted by atomic mass is 9.87. The SMILES string of the molecule is Cl.O=C(C1COCCN1)N1CCSC2(CCCCC2)C1. The summed E-state index contributed by atoms with van der Waals surface area (Å²) in [6, 6.07) is -0.113. The van der Waals surface area contributed by atoms with Gasteiger partial charge in [0.1, 0.15) is 6.04 Å². The third-order valence-corrected chi connectivity index (χ3v) is 6.08. The zero-order valence-corrected chi connectivity index (χ0v) is 13.6. The van der Waals surface area contributed by atoms with Crippen molar-refractivity contribution in [1.82, 2.24) is 10.2 Å². The van der Waals surface area contributed by atoms with Crippen molar-refractivity contribution >= 4 is 30.1 Å². The number of carbonyl (C=O) groups is 1. The molecule has 1 N–H and O–H groups in total. The van der Waals surface area contributed by atoms with Gasteiger partial charge in [-0.1, -0.05) is 19.3 Å². The fraction of sp³-hybridized carbons (Fsp3) is 0.929. The highest BCUT2D eigenvalue weighted by molar-refractivity contribution is 8.00. The van der Waals surface area contributed by atoms with Crippen LogP contribution in [0.4, 0.5) is 0 Å². The predicted molar refractivity (Wildman–Crippen MR) is 84.7 cm³/mol. The maximum Gasteiger partial charge on any atom is 0.242 e. The van der Waals surface area contributed by atoms with Crippen LogP contribution < -0.4 is 5.32 Å². The van der Waals surface area contributed by atoms with Gasteiger partial charge in [-0.3, -0.25) is 4.79 Å². The van der Waals surface area contributed by atoms with E-state index in [-0.39, 0.29) is 24.4 Å². The van der Waals surface area contributed by atoms with Crippen LogP contribution in [0.15, 0.2) is 0 Å². The fourth-order valence-electron chi connectivity index (χ4n) is 3.48. The van der Waals surface area contributed by atoms with E-state index in [1.807, 2.05) is 0 Å². The molecule has 4 nitrogen and oxygen atoms in total. The van der Waals surface area contributed by atoms with Crippen LogP contribution in [0.3, 0.4) is 0 Å². The Bertz CT molecular complexity index is 326. The smallest absolute Gasteiger partial charge is 0.242 e. The van der Waals surface area contributed by atoms with Crippen LogP contribution in [-0.4, -0.2) is 60.2 Å². The van der Waals surface area contributed by atoms with Gasteiger partial charge in [-0.25, -0.2) is 0 Å². The molecule has 0 bridgehead atoms. The molecular formula is C14H25ClN2O2S. The molecule has 0 aromatic carbocycles. The first-order chi connectivity index (χ1) is 9.29. The lowest BCUT2D eigenvalue weighted by Gasteiger charge is -2.45. The van der Waals surface area contributed by atoms with E-state index in [4.69, 9.17) is 4.74 Å². The van der Waals surface area contributed by atoms with Gasteiger partial charge in [0.15, 0.2) is 0 Å². The van der Waals surface area contributed by atoms with Crippen LogP contribution >= 0.6 is 24.2 Å². The summed E-state index contributed by atoms with van der Waals surface area (Å²) in [5, 5.41) is 3.28. The predicted octanol–water partition coefficient (Wildman–Crippen LogP) is 1.67. The fourth-order valence-corrected chi connectivity index (χ4v) is 5.05.